The molecule has 1 aromatic rings. The monoisotopic (exact) mass is 268 g/mol. The van der Waals surface area contributed by atoms with Crippen molar-refractivity contribution in [1.82, 2.24) is 4.90 Å². The first kappa shape index (κ1) is 13.0. The van der Waals surface area contributed by atoms with E-state index in [-0.39, 0.29) is 23.3 Å². The number of hydrogen-bond donors (Lipinski definition) is 0. The molecular weight excluding hydrogens is 252 g/mol. The fourth-order valence-electron chi connectivity index (χ4n) is 2.36. The Balaban J connectivity index is 2.26. The molecule has 1 aromatic heterocycles. The van der Waals surface area contributed by atoms with Crippen LogP contribution in [-0.2, 0) is 4.79 Å². The number of amides is 1. The second kappa shape index (κ2) is 5.48. The molecule has 1 saturated heterocycles. The van der Waals surface area contributed by atoms with Gasteiger partial charge in [-0.2, -0.15) is 0 Å². The minimum absolute atomic E-state index is 0.0271. The van der Waals surface area contributed by atoms with Crippen LogP contribution in [0.2, 0.25) is 0 Å². The van der Waals surface area contributed by atoms with Crippen LogP contribution >= 0.6 is 11.3 Å². The lowest BCUT2D eigenvalue weighted by atomic mass is 10.1. The van der Waals surface area contributed by atoms with E-state index in [4.69, 9.17) is 0 Å². The average Bonchev–Trinajstić information content (AvgIpc) is 2.93. The van der Waals surface area contributed by atoms with Crippen LogP contribution in [0.15, 0.2) is 17.5 Å². The van der Waals surface area contributed by atoms with Crippen LogP contribution in [0.1, 0.15) is 37.1 Å². The van der Waals surface area contributed by atoms with Gasteiger partial charge in [0.05, 0.1) is 6.42 Å². The lowest BCUT2D eigenvalue weighted by molar-refractivity contribution is -0.525. The Hall–Kier alpha value is -1.43. The molecule has 6 heteroatoms. The largest absolute Gasteiger partial charge is 0.328 e. The van der Waals surface area contributed by atoms with Crippen molar-refractivity contribution in [2.45, 2.75) is 38.3 Å². The predicted octanol–water partition coefficient (Wildman–Crippen LogP) is 2.47. The van der Waals surface area contributed by atoms with Crippen LogP contribution in [0.4, 0.5) is 0 Å². The Labute approximate surface area is 110 Å². The standard InChI is InChI=1S/C12H16N2O3S/c1-2-3-6-13-11(15)8-9(14(16)17)12(13)10-5-4-7-18-10/h4-5,7,9,12H,2-3,6,8H2,1H3/t9-,12-/m1/s1. The van der Waals surface area contributed by atoms with Crippen molar-refractivity contribution in [2.75, 3.05) is 6.54 Å². The number of likely N-dealkylation sites (tertiary alicyclic amines) is 1. The molecule has 2 atom stereocenters. The Bertz CT molecular complexity index is 433. The Morgan fingerprint density at radius 2 is 2.39 bits per heavy atom. The molecule has 0 saturated carbocycles. The van der Waals surface area contributed by atoms with Crippen molar-refractivity contribution in [2.24, 2.45) is 0 Å². The van der Waals surface area contributed by atoms with Gasteiger partial charge in [0.25, 0.3) is 0 Å². The van der Waals surface area contributed by atoms with Gasteiger partial charge < -0.3 is 4.90 Å². The molecule has 0 unspecified atom stereocenters. The molecule has 1 aliphatic heterocycles. The van der Waals surface area contributed by atoms with Gasteiger partial charge >= 0.3 is 0 Å². The highest BCUT2D eigenvalue weighted by Gasteiger charge is 2.48. The highest BCUT2D eigenvalue weighted by Crippen LogP contribution is 2.37. The molecule has 2 rings (SSSR count). The van der Waals surface area contributed by atoms with Gasteiger partial charge in [-0.05, 0) is 17.9 Å². The minimum atomic E-state index is -0.798. The highest BCUT2D eigenvalue weighted by atomic mass is 32.1. The number of nitro groups is 1. The first-order valence-corrected chi connectivity index (χ1v) is 6.99. The summed E-state index contributed by atoms with van der Waals surface area (Å²) >= 11 is 1.48. The Morgan fingerprint density at radius 3 is 2.94 bits per heavy atom. The summed E-state index contributed by atoms with van der Waals surface area (Å²) in [6.45, 7) is 2.66. The molecule has 2 heterocycles. The number of unbranched alkanes of at least 4 members (excludes halogenated alkanes) is 1. The molecule has 5 nitrogen and oxygen atoms in total. The van der Waals surface area contributed by atoms with Crippen LogP contribution in [0.5, 0.6) is 0 Å². The zero-order valence-corrected chi connectivity index (χ0v) is 11.1. The summed E-state index contributed by atoms with van der Waals surface area (Å²) in [5.41, 5.74) is 0. The lowest BCUT2D eigenvalue weighted by Gasteiger charge is -2.23. The van der Waals surface area contributed by atoms with Crippen molar-refractivity contribution >= 4 is 17.2 Å². The van der Waals surface area contributed by atoms with Crippen LogP contribution in [0.3, 0.4) is 0 Å². The van der Waals surface area contributed by atoms with E-state index >= 15 is 0 Å². The molecule has 0 N–H and O–H groups in total. The zero-order chi connectivity index (χ0) is 13.1. The molecule has 0 radical (unpaired) electrons. The molecule has 0 aromatic carbocycles. The van der Waals surface area contributed by atoms with E-state index in [1.54, 1.807) is 4.90 Å². The van der Waals surface area contributed by atoms with Gasteiger partial charge in [0.2, 0.25) is 11.9 Å². The van der Waals surface area contributed by atoms with Gasteiger partial charge in [-0.15, -0.1) is 11.3 Å². The van der Waals surface area contributed by atoms with Gasteiger partial charge in [-0.3, -0.25) is 14.9 Å². The summed E-state index contributed by atoms with van der Waals surface area (Å²) in [5, 5.41) is 13.0. The fourth-order valence-corrected chi connectivity index (χ4v) is 3.25. The second-order valence-corrected chi connectivity index (χ2v) is 5.44. The van der Waals surface area contributed by atoms with Crippen molar-refractivity contribution in [3.63, 3.8) is 0 Å². The van der Waals surface area contributed by atoms with Crippen LogP contribution in [0.25, 0.3) is 0 Å². The van der Waals surface area contributed by atoms with Crippen LogP contribution in [0, 0.1) is 10.1 Å². The van der Waals surface area contributed by atoms with E-state index in [0.29, 0.717) is 6.54 Å². The molecule has 1 aliphatic rings. The number of carbonyl (C=O) groups excluding carboxylic acids is 1. The molecule has 0 aliphatic carbocycles. The highest BCUT2D eigenvalue weighted by molar-refractivity contribution is 7.10. The third-order valence-corrected chi connectivity index (χ3v) is 4.21. The topological polar surface area (TPSA) is 63.5 Å². The van der Waals surface area contributed by atoms with Gasteiger partial charge in [0, 0.05) is 16.3 Å². The van der Waals surface area contributed by atoms with Gasteiger partial charge in [-0.1, -0.05) is 19.4 Å². The van der Waals surface area contributed by atoms with Gasteiger partial charge in [0.15, 0.2) is 0 Å². The van der Waals surface area contributed by atoms with Crippen molar-refractivity contribution < 1.29 is 9.72 Å². The minimum Gasteiger partial charge on any atom is -0.328 e. The zero-order valence-electron chi connectivity index (χ0n) is 10.2. The summed E-state index contributed by atoms with van der Waals surface area (Å²) < 4.78 is 0. The maximum Gasteiger partial charge on any atom is 0.246 e. The third kappa shape index (κ3) is 2.38. The number of rotatable bonds is 5. The van der Waals surface area contributed by atoms with E-state index in [1.165, 1.54) is 11.3 Å². The van der Waals surface area contributed by atoms with Crippen molar-refractivity contribution in [1.29, 1.82) is 0 Å². The number of thiophene rings is 1. The molecule has 98 valence electrons. The third-order valence-electron chi connectivity index (χ3n) is 3.26. The summed E-state index contributed by atoms with van der Waals surface area (Å²) in [6, 6.07) is 2.58. The smallest absolute Gasteiger partial charge is 0.246 e. The lowest BCUT2D eigenvalue weighted by Crippen LogP contribution is -2.32. The van der Waals surface area contributed by atoms with Gasteiger partial charge in [0.1, 0.15) is 6.04 Å². The summed E-state index contributed by atoms with van der Waals surface area (Å²) in [5.74, 6) is -0.0939. The van der Waals surface area contributed by atoms with Gasteiger partial charge in [-0.25, -0.2) is 0 Å². The molecule has 0 spiro atoms. The maximum absolute atomic E-state index is 11.9. The number of hydrogen-bond acceptors (Lipinski definition) is 4. The second-order valence-electron chi connectivity index (χ2n) is 4.46. The maximum atomic E-state index is 11.9. The molecule has 1 fully saturated rings. The van der Waals surface area contributed by atoms with Crippen molar-refractivity contribution in [3.8, 4) is 0 Å². The first-order valence-electron chi connectivity index (χ1n) is 6.11. The van der Waals surface area contributed by atoms with Crippen LogP contribution < -0.4 is 0 Å². The van der Waals surface area contributed by atoms with E-state index in [9.17, 15) is 14.9 Å². The first-order chi connectivity index (χ1) is 8.65. The van der Waals surface area contributed by atoms with Crippen molar-refractivity contribution in [3.05, 3.63) is 32.5 Å². The molecule has 1 amide bonds. The van der Waals surface area contributed by atoms with E-state index < -0.39 is 6.04 Å². The van der Waals surface area contributed by atoms with Crippen LogP contribution in [-0.4, -0.2) is 28.3 Å². The SMILES string of the molecule is CCCCN1C(=O)C[C@@H]([N+](=O)[O-])[C@@H]1c1cccs1. The fraction of sp³-hybridized carbons (Fsp3) is 0.583. The molecular formula is C12H16N2O3S. The quantitative estimate of drug-likeness (QED) is 0.608. The Morgan fingerprint density at radius 1 is 1.61 bits per heavy atom. The summed E-state index contributed by atoms with van der Waals surface area (Å²) in [4.78, 5) is 25.3. The Kier molecular flexibility index (Phi) is 3.96. The van der Waals surface area contributed by atoms with E-state index in [1.807, 2.05) is 24.4 Å². The normalized spacial score (nSPS) is 23.6. The number of nitrogens with zero attached hydrogens (tertiary/aromatic N) is 2. The predicted molar refractivity (Wildman–Crippen MR) is 69.1 cm³/mol. The van der Waals surface area contributed by atoms with E-state index in [0.717, 1.165) is 17.7 Å². The summed E-state index contributed by atoms with van der Waals surface area (Å²) in [7, 11) is 0. The summed E-state index contributed by atoms with van der Waals surface area (Å²) in [6.07, 6.45) is 1.89. The number of carbonyl (C=O) groups is 1. The molecule has 0 bridgehead atoms. The van der Waals surface area contributed by atoms with E-state index in [2.05, 4.69) is 0 Å². The molecule has 18 heavy (non-hydrogen) atoms. The average molecular weight is 268 g/mol.